The van der Waals surface area contributed by atoms with Crippen molar-refractivity contribution in [3.63, 3.8) is 0 Å². The van der Waals surface area contributed by atoms with Gasteiger partial charge in [-0.05, 0) is 12.8 Å². The van der Waals surface area contributed by atoms with E-state index in [-0.39, 0.29) is 0 Å². The molecule has 0 fully saturated rings. The van der Waals surface area contributed by atoms with Gasteiger partial charge in [-0.2, -0.15) is 0 Å². The maximum absolute atomic E-state index is 5.15. The van der Waals surface area contributed by atoms with Gasteiger partial charge in [0.05, 0.1) is 6.61 Å². The lowest BCUT2D eigenvalue weighted by Gasteiger charge is -2.25. The molecule has 0 bridgehead atoms. The van der Waals surface area contributed by atoms with E-state index in [2.05, 4.69) is 41.0 Å². The van der Waals surface area contributed by atoms with Crippen LogP contribution in [-0.2, 0) is 4.74 Å². The molecule has 0 aliphatic heterocycles. The van der Waals surface area contributed by atoms with Crippen LogP contribution in [0, 0.1) is 5.92 Å². The predicted octanol–water partition coefficient (Wildman–Crippen LogP) is 2.02. The fourth-order valence-corrected chi connectivity index (χ4v) is 1.74. The Morgan fingerprint density at radius 3 is 2.78 bits per heavy atom. The van der Waals surface area contributed by atoms with E-state index >= 15 is 0 Å². The Labute approximate surface area is 110 Å². The first kappa shape index (κ1) is 14.7. The van der Waals surface area contributed by atoms with Gasteiger partial charge >= 0.3 is 0 Å². The standard InChI is InChI=1S/C13H24N4O/c1-5-14-12-8-13(16-10-15-12)17(6-7-18-4)9-11(2)3/h8,10-11H,5-7,9H2,1-4H3,(H,14,15,16). The van der Waals surface area contributed by atoms with Gasteiger partial charge in [-0.1, -0.05) is 13.8 Å². The van der Waals surface area contributed by atoms with Crippen molar-refractivity contribution in [2.45, 2.75) is 20.8 Å². The molecule has 5 heteroatoms. The number of hydrogen-bond acceptors (Lipinski definition) is 5. The molecule has 0 radical (unpaired) electrons. The summed E-state index contributed by atoms with van der Waals surface area (Å²) in [5.74, 6) is 2.40. The van der Waals surface area contributed by atoms with Gasteiger partial charge < -0.3 is 15.0 Å². The minimum absolute atomic E-state index is 0.583. The molecular weight excluding hydrogens is 228 g/mol. The monoisotopic (exact) mass is 252 g/mol. The molecule has 1 heterocycles. The van der Waals surface area contributed by atoms with Gasteiger partial charge in [0, 0.05) is 32.8 Å². The van der Waals surface area contributed by atoms with E-state index in [4.69, 9.17) is 4.74 Å². The second kappa shape index (κ2) is 7.87. The second-order valence-electron chi connectivity index (χ2n) is 4.62. The fraction of sp³-hybridized carbons (Fsp3) is 0.692. The number of hydrogen-bond donors (Lipinski definition) is 1. The van der Waals surface area contributed by atoms with E-state index in [9.17, 15) is 0 Å². The largest absolute Gasteiger partial charge is 0.383 e. The van der Waals surface area contributed by atoms with Crippen molar-refractivity contribution in [1.29, 1.82) is 0 Å². The number of rotatable bonds is 8. The first-order valence-electron chi connectivity index (χ1n) is 6.47. The number of nitrogens with one attached hydrogen (secondary N) is 1. The number of methoxy groups -OCH3 is 1. The molecular formula is C13H24N4O. The van der Waals surface area contributed by atoms with Gasteiger partial charge in [0.2, 0.25) is 0 Å². The normalized spacial score (nSPS) is 10.7. The van der Waals surface area contributed by atoms with E-state index in [1.165, 1.54) is 0 Å². The molecule has 0 atom stereocenters. The Kier molecular flexibility index (Phi) is 6.43. The molecule has 1 aromatic heterocycles. The van der Waals surface area contributed by atoms with E-state index in [0.29, 0.717) is 12.5 Å². The second-order valence-corrected chi connectivity index (χ2v) is 4.62. The lowest BCUT2D eigenvalue weighted by Crippen LogP contribution is -2.31. The average molecular weight is 252 g/mol. The molecule has 0 unspecified atom stereocenters. The van der Waals surface area contributed by atoms with Crippen LogP contribution in [0.5, 0.6) is 0 Å². The molecule has 1 aromatic rings. The summed E-state index contributed by atoms with van der Waals surface area (Å²) in [5.41, 5.74) is 0. The summed E-state index contributed by atoms with van der Waals surface area (Å²) in [5, 5.41) is 3.20. The topological polar surface area (TPSA) is 50.3 Å². The summed E-state index contributed by atoms with van der Waals surface area (Å²) in [7, 11) is 1.72. The van der Waals surface area contributed by atoms with Crippen LogP contribution in [0.2, 0.25) is 0 Å². The molecule has 0 aromatic carbocycles. The third-order valence-electron chi connectivity index (χ3n) is 2.49. The number of anilines is 2. The highest BCUT2D eigenvalue weighted by atomic mass is 16.5. The first-order valence-corrected chi connectivity index (χ1v) is 6.47. The van der Waals surface area contributed by atoms with Crippen molar-refractivity contribution in [3.05, 3.63) is 12.4 Å². The Bertz CT molecular complexity index is 344. The first-order chi connectivity index (χ1) is 8.67. The molecule has 0 aliphatic rings. The zero-order chi connectivity index (χ0) is 13.4. The van der Waals surface area contributed by atoms with Crippen molar-refractivity contribution in [2.75, 3.05) is 43.6 Å². The maximum Gasteiger partial charge on any atom is 0.134 e. The number of nitrogens with zero attached hydrogens (tertiary/aromatic N) is 3. The zero-order valence-electron chi connectivity index (χ0n) is 11.8. The van der Waals surface area contributed by atoms with Crippen LogP contribution in [0.4, 0.5) is 11.6 Å². The van der Waals surface area contributed by atoms with E-state index in [1.54, 1.807) is 13.4 Å². The number of aromatic nitrogens is 2. The van der Waals surface area contributed by atoms with Gasteiger partial charge in [-0.15, -0.1) is 0 Å². The van der Waals surface area contributed by atoms with Crippen molar-refractivity contribution in [3.8, 4) is 0 Å². The Morgan fingerprint density at radius 2 is 2.17 bits per heavy atom. The molecule has 0 saturated heterocycles. The van der Waals surface area contributed by atoms with Crippen LogP contribution >= 0.6 is 0 Å². The van der Waals surface area contributed by atoms with Crippen LogP contribution in [0.1, 0.15) is 20.8 Å². The molecule has 18 heavy (non-hydrogen) atoms. The van der Waals surface area contributed by atoms with Crippen molar-refractivity contribution in [1.82, 2.24) is 9.97 Å². The highest BCUT2D eigenvalue weighted by molar-refractivity contribution is 5.48. The highest BCUT2D eigenvalue weighted by Gasteiger charge is 2.10. The highest BCUT2D eigenvalue weighted by Crippen LogP contribution is 2.15. The van der Waals surface area contributed by atoms with Crippen LogP contribution in [0.25, 0.3) is 0 Å². The summed E-state index contributed by atoms with van der Waals surface area (Å²) < 4.78 is 5.15. The molecule has 1 rings (SSSR count). The lowest BCUT2D eigenvalue weighted by atomic mass is 10.2. The van der Waals surface area contributed by atoms with Crippen molar-refractivity contribution < 1.29 is 4.74 Å². The van der Waals surface area contributed by atoms with Gasteiger partial charge in [-0.25, -0.2) is 9.97 Å². The van der Waals surface area contributed by atoms with Crippen molar-refractivity contribution in [2.24, 2.45) is 5.92 Å². The third-order valence-corrected chi connectivity index (χ3v) is 2.49. The molecule has 102 valence electrons. The van der Waals surface area contributed by atoms with Crippen LogP contribution in [-0.4, -0.2) is 43.3 Å². The van der Waals surface area contributed by atoms with Crippen molar-refractivity contribution >= 4 is 11.6 Å². The summed E-state index contributed by atoms with van der Waals surface area (Å²) >= 11 is 0. The Morgan fingerprint density at radius 1 is 1.39 bits per heavy atom. The smallest absolute Gasteiger partial charge is 0.134 e. The fourth-order valence-electron chi connectivity index (χ4n) is 1.74. The van der Waals surface area contributed by atoms with Crippen LogP contribution < -0.4 is 10.2 Å². The minimum Gasteiger partial charge on any atom is -0.383 e. The van der Waals surface area contributed by atoms with E-state index < -0.39 is 0 Å². The summed E-state index contributed by atoms with van der Waals surface area (Å²) in [6, 6.07) is 1.99. The Balaban J connectivity index is 2.78. The maximum atomic E-state index is 5.15. The summed E-state index contributed by atoms with van der Waals surface area (Å²) in [4.78, 5) is 10.8. The third kappa shape index (κ3) is 4.87. The molecule has 0 saturated carbocycles. The van der Waals surface area contributed by atoms with Gasteiger partial charge in [0.15, 0.2) is 0 Å². The van der Waals surface area contributed by atoms with Crippen LogP contribution in [0.3, 0.4) is 0 Å². The quantitative estimate of drug-likeness (QED) is 0.767. The lowest BCUT2D eigenvalue weighted by molar-refractivity contribution is 0.204. The molecule has 5 nitrogen and oxygen atoms in total. The van der Waals surface area contributed by atoms with E-state index in [1.807, 2.05) is 6.07 Å². The molecule has 1 N–H and O–H groups in total. The van der Waals surface area contributed by atoms with Gasteiger partial charge in [0.1, 0.15) is 18.0 Å². The summed E-state index contributed by atoms with van der Waals surface area (Å²) in [6.07, 6.45) is 1.60. The molecule has 0 spiro atoms. The average Bonchev–Trinajstić information content (AvgIpc) is 2.35. The SMILES string of the molecule is CCNc1cc(N(CCOC)CC(C)C)ncn1. The summed E-state index contributed by atoms with van der Waals surface area (Å²) in [6.45, 7) is 9.83. The molecule has 0 amide bonds. The zero-order valence-corrected chi connectivity index (χ0v) is 11.8. The van der Waals surface area contributed by atoms with Crippen LogP contribution in [0.15, 0.2) is 12.4 Å². The number of ether oxygens (including phenoxy) is 1. The van der Waals surface area contributed by atoms with Gasteiger partial charge in [0.25, 0.3) is 0 Å². The predicted molar refractivity (Wildman–Crippen MR) is 75.1 cm³/mol. The Hall–Kier alpha value is -1.36. The molecule has 0 aliphatic carbocycles. The van der Waals surface area contributed by atoms with E-state index in [0.717, 1.165) is 31.3 Å². The minimum atomic E-state index is 0.583. The van der Waals surface area contributed by atoms with Gasteiger partial charge in [-0.3, -0.25) is 0 Å².